The second-order valence-corrected chi connectivity index (χ2v) is 9.30. The number of thiophene rings is 2. The third-order valence-corrected chi connectivity index (χ3v) is 6.87. The largest absolute Gasteiger partial charge is 0.462 e. The predicted molar refractivity (Wildman–Crippen MR) is 106 cm³/mol. The first-order chi connectivity index (χ1) is 12.4. The number of ether oxygens (including phenoxy) is 1. The Balaban J connectivity index is 1.93. The number of fused-ring (bicyclic) bond motifs is 1. The van der Waals surface area contributed by atoms with Gasteiger partial charge in [0.05, 0.1) is 38.8 Å². The minimum absolute atomic E-state index is 0.251. The first kappa shape index (κ1) is 19.4. The van der Waals surface area contributed by atoms with Gasteiger partial charge in [-0.3, -0.25) is 4.79 Å². The van der Waals surface area contributed by atoms with Crippen molar-refractivity contribution in [3.63, 3.8) is 0 Å². The lowest BCUT2D eigenvalue weighted by Crippen LogP contribution is -3.14. The summed E-state index contributed by atoms with van der Waals surface area (Å²) in [5.41, 5.74) is 1.54. The second kappa shape index (κ2) is 8.08. The maximum Gasteiger partial charge on any atom is 0.341 e. The Morgan fingerprint density at radius 1 is 1.35 bits per heavy atom. The van der Waals surface area contributed by atoms with E-state index in [1.54, 1.807) is 19.1 Å². The van der Waals surface area contributed by atoms with Crippen LogP contribution in [0.15, 0.2) is 12.1 Å². The number of quaternary nitrogens is 1. The van der Waals surface area contributed by atoms with E-state index in [0.29, 0.717) is 32.4 Å². The van der Waals surface area contributed by atoms with Crippen LogP contribution in [0.25, 0.3) is 0 Å². The molecule has 26 heavy (non-hydrogen) atoms. The van der Waals surface area contributed by atoms with E-state index in [1.165, 1.54) is 27.6 Å². The maximum absolute atomic E-state index is 12.5. The molecule has 0 aromatic carbocycles. The van der Waals surface area contributed by atoms with Gasteiger partial charge in [-0.1, -0.05) is 11.6 Å². The molecule has 0 radical (unpaired) electrons. The molecule has 2 aromatic heterocycles. The molecule has 2 N–H and O–H groups in total. The molecule has 1 amide bonds. The molecule has 0 bridgehead atoms. The molecule has 1 aliphatic rings. The first-order valence-electron chi connectivity index (χ1n) is 8.63. The predicted octanol–water partition coefficient (Wildman–Crippen LogP) is 3.24. The van der Waals surface area contributed by atoms with Crippen LogP contribution in [0.3, 0.4) is 0 Å². The highest BCUT2D eigenvalue weighted by atomic mass is 35.5. The van der Waals surface area contributed by atoms with Crippen LogP contribution < -0.4 is 10.2 Å². The summed E-state index contributed by atoms with van der Waals surface area (Å²) in [5, 5.41) is 3.48. The van der Waals surface area contributed by atoms with Crippen LogP contribution in [0.5, 0.6) is 0 Å². The SMILES string of the molecule is CCOC(=O)c1c(NC(=O)c2ccc(Cl)s2)sc2c1CC[NH+](C(C)C)C2. The van der Waals surface area contributed by atoms with Crippen molar-refractivity contribution in [3.8, 4) is 0 Å². The molecule has 1 unspecified atom stereocenters. The van der Waals surface area contributed by atoms with Gasteiger partial charge in [-0.25, -0.2) is 4.79 Å². The molecule has 0 fully saturated rings. The van der Waals surface area contributed by atoms with Gasteiger partial charge in [-0.2, -0.15) is 0 Å². The molecule has 3 heterocycles. The smallest absolute Gasteiger partial charge is 0.341 e. The van der Waals surface area contributed by atoms with Gasteiger partial charge in [0.25, 0.3) is 5.91 Å². The summed E-state index contributed by atoms with van der Waals surface area (Å²) in [5.74, 6) is -0.614. The van der Waals surface area contributed by atoms with E-state index in [9.17, 15) is 9.59 Å². The van der Waals surface area contributed by atoms with E-state index < -0.39 is 0 Å². The van der Waals surface area contributed by atoms with E-state index in [0.717, 1.165) is 30.0 Å². The van der Waals surface area contributed by atoms with Gasteiger partial charge in [0.15, 0.2) is 0 Å². The van der Waals surface area contributed by atoms with Gasteiger partial charge < -0.3 is 15.0 Å². The van der Waals surface area contributed by atoms with Gasteiger partial charge >= 0.3 is 5.97 Å². The fourth-order valence-corrected chi connectivity index (χ4v) is 5.32. The molecule has 0 saturated carbocycles. The molecule has 0 saturated heterocycles. The number of nitrogens with one attached hydrogen (secondary N) is 2. The highest BCUT2D eigenvalue weighted by Crippen LogP contribution is 2.36. The summed E-state index contributed by atoms with van der Waals surface area (Å²) in [6, 6.07) is 3.89. The second-order valence-electron chi connectivity index (χ2n) is 6.48. The lowest BCUT2D eigenvalue weighted by molar-refractivity contribution is -0.936. The Kier molecular flexibility index (Phi) is 6.02. The zero-order valence-electron chi connectivity index (χ0n) is 15.0. The molecule has 5 nitrogen and oxygen atoms in total. The zero-order valence-corrected chi connectivity index (χ0v) is 17.4. The fourth-order valence-electron chi connectivity index (χ4n) is 3.10. The summed E-state index contributed by atoms with van der Waals surface area (Å²) >= 11 is 8.62. The first-order valence-corrected chi connectivity index (χ1v) is 10.6. The molecule has 2 aromatic rings. The third-order valence-electron chi connectivity index (χ3n) is 4.49. The number of amides is 1. The van der Waals surface area contributed by atoms with Gasteiger partial charge in [0.2, 0.25) is 0 Å². The normalized spacial score (nSPS) is 16.4. The number of esters is 1. The van der Waals surface area contributed by atoms with Crippen LogP contribution in [-0.4, -0.2) is 31.1 Å². The molecule has 8 heteroatoms. The van der Waals surface area contributed by atoms with E-state index >= 15 is 0 Å². The Morgan fingerprint density at radius 2 is 2.12 bits per heavy atom. The summed E-state index contributed by atoms with van der Waals surface area (Å²) in [6.07, 6.45) is 0.814. The quantitative estimate of drug-likeness (QED) is 0.740. The molecule has 140 valence electrons. The summed E-state index contributed by atoms with van der Waals surface area (Å²) in [7, 11) is 0. The number of hydrogen-bond donors (Lipinski definition) is 2. The van der Waals surface area contributed by atoms with Crippen LogP contribution in [0.2, 0.25) is 4.34 Å². The molecular weight excluding hydrogens is 392 g/mol. The van der Waals surface area contributed by atoms with Crippen LogP contribution in [0, 0.1) is 0 Å². The van der Waals surface area contributed by atoms with Gasteiger partial charge in [-0.15, -0.1) is 22.7 Å². The molecule has 3 rings (SSSR count). The highest BCUT2D eigenvalue weighted by molar-refractivity contribution is 7.18. The number of carbonyl (C=O) groups is 2. The van der Waals surface area contributed by atoms with Crippen molar-refractivity contribution in [3.05, 3.63) is 37.4 Å². The number of anilines is 1. The summed E-state index contributed by atoms with van der Waals surface area (Å²) in [6.45, 7) is 8.33. The minimum Gasteiger partial charge on any atom is -0.462 e. The topological polar surface area (TPSA) is 59.8 Å². The number of halogens is 1. The number of hydrogen-bond acceptors (Lipinski definition) is 5. The monoisotopic (exact) mass is 413 g/mol. The van der Waals surface area contributed by atoms with Crippen LogP contribution in [-0.2, 0) is 17.7 Å². The third kappa shape index (κ3) is 3.96. The number of rotatable bonds is 5. The van der Waals surface area contributed by atoms with Crippen LogP contribution >= 0.6 is 34.3 Å². The van der Waals surface area contributed by atoms with Gasteiger partial charge in [0.1, 0.15) is 11.5 Å². The number of carbonyl (C=O) groups excluding carboxylic acids is 2. The Bertz CT molecular complexity index is 829. The van der Waals surface area contributed by atoms with Gasteiger partial charge in [0, 0.05) is 6.42 Å². The average molecular weight is 414 g/mol. The molecular formula is C18H22ClN2O3S2+. The average Bonchev–Trinajstić information content (AvgIpc) is 3.17. The Hall–Kier alpha value is -1.41. The summed E-state index contributed by atoms with van der Waals surface area (Å²) < 4.78 is 5.81. The highest BCUT2D eigenvalue weighted by Gasteiger charge is 2.32. The van der Waals surface area contributed by atoms with Gasteiger partial charge in [-0.05, 0) is 38.5 Å². The lowest BCUT2D eigenvalue weighted by Gasteiger charge is -2.27. The van der Waals surface area contributed by atoms with Crippen molar-refractivity contribution in [2.45, 2.75) is 39.8 Å². The van der Waals surface area contributed by atoms with Crippen LogP contribution in [0.4, 0.5) is 5.00 Å². The maximum atomic E-state index is 12.5. The van der Waals surface area contributed by atoms with Crippen molar-refractivity contribution < 1.29 is 19.2 Å². The Morgan fingerprint density at radius 3 is 2.73 bits per heavy atom. The minimum atomic E-state index is -0.363. The lowest BCUT2D eigenvalue weighted by atomic mass is 10.0. The van der Waals surface area contributed by atoms with Crippen molar-refractivity contribution >= 4 is 51.2 Å². The van der Waals surface area contributed by atoms with E-state index in [2.05, 4.69) is 19.2 Å². The van der Waals surface area contributed by atoms with Crippen LogP contribution in [0.1, 0.15) is 51.2 Å². The van der Waals surface area contributed by atoms with E-state index in [-0.39, 0.29) is 11.9 Å². The van der Waals surface area contributed by atoms with Crippen molar-refractivity contribution in [2.24, 2.45) is 0 Å². The van der Waals surface area contributed by atoms with E-state index in [4.69, 9.17) is 16.3 Å². The van der Waals surface area contributed by atoms with Crippen molar-refractivity contribution in [1.82, 2.24) is 0 Å². The Labute approximate surface area is 165 Å². The van der Waals surface area contributed by atoms with E-state index in [1.807, 2.05) is 0 Å². The summed E-state index contributed by atoms with van der Waals surface area (Å²) in [4.78, 5) is 28.2. The molecule has 1 aliphatic heterocycles. The molecule has 0 aliphatic carbocycles. The molecule has 0 spiro atoms. The zero-order chi connectivity index (χ0) is 18.8. The standard InChI is InChI=1S/C18H21ClN2O3S2/c1-4-24-18(23)15-11-7-8-21(10(2)3)9-13(11)26-17(15)20-16(22)12-5-6-14(19)25-12/h5-6,10H,4,7-9H2,1-3H3,(H,20,22)/p+1. The van der Waals surface area contributed by atoms with Crippen molar-refractivity contribution in [2.75, 3.05) is 18.5 Å². The fraction of sp³-hybridized carbons (Fsp3) is 0.444. The van der Waals surface area contributed by atoms with Crippen molar-refractivity contribution in [1.29, 1.82) is 0 Å². The molecule has 1 atom stereocenters.